The minimum atomic E-state index is -0.779. The second kappa shape index (κ2) is 5.69. The third kappa shape index (κ3) is 3.12. The van der Waals surface area contributed by atoms with Gasteiger partial charge in [0, 0.05) is 25.0 Å². The molecule has 0 spiro atoms. The van der Waals surface area contributed by atoms with Gasteiger partial charge in [-0.15, -0.1) is 0 Å². The van der Waals surface area contributed by atoms with E-state index in [4.69, 9.17) is 5.11 Å². The fourth-order valence-corrected chi connectivity index (χ4v) is 2.48. The molecule has 19 heavy (non-hydrogen) atoms. The summed E-state index contributed by atoms with van der Waals surface area (Å²) >= 11 is 3.31. The molecular weight excluding hydrogens is 310 g/mol. The van der Waals surface area contributed by atoms with Crippen LogP contribution in [0.15, 0.2) is 28.5 Å². The Hall–Kier alpha value is -1.43. The zero-order valence-electron chi connectivity index (χ0n) is 10.9. The lowest BCUT2D eigenvalue weighted by atomic mass is 9.88. The second-order valence-electron chi connectivity index (χ2n) is 4.73. The van der Waals surface area contributed by atoms with E-state index >= 15 is 0 Å². The van der Waals surface area contributed by atoms with Gasteiger partial charge in [0.25, 0.3) is 0 Å². The molecule has 1 aliphatic rings. The molecule has 0 bridgehead atoms. The third-order valence-corrected chi connectivity index (χ3v) is 3.98. The molecule has 0 radical (unpaired) electrons. The van der Waals surface area contributed by atoms with Gasteiger partial charge in [-0.3, -0.25) is 4.79 Å². The van der Waals surface area contributed by atoms with Crippen LogP contribution < -0.4 is 4.90 Å². The molecule has 0 saturated carbocycles. The molecule has 1 aromatic heterocycles. The van der Waals surface area contributed by atoms with Crippen LogP contribution in [0.1, 0.15) is 20.3 Å². The van der Waals surface area contributed by atoms with Gasteiger partial charge in [0.05, 0.1) is 10.9 Å². The highest BCUT2D eigenvalue weighted by atomic mass is 79.9. The van der Waals surface area contributed by atoms with E-state index in [-0.39, 0.29) is 18.4 Å². The average molecular weight is 326 g/mol. The first kappa shape index (κ1) is 14.0. The normalized spacial score (nSPS) is 23.1. The smallest absolute Gasteiger partial charge is 0.307 e. The summed E-state index contributed by atoms with van der Waals surface area (Å²) in [6.07, 6.45) is 5.52. The molecule has 6 heteroatoms. The minimum Gasteiger partial charge on any atom is -0.481 e. The van der Waals surface area contributed by atoms with E-state index in [2.05, 4.69) is 37.7 Å². The molecule has 1 aliphatic heterocycles. The van der Waals surface area contributed by atoms with Crippen molar-refractivity contribution in [2.75, 3.05) is 11.4 Å². The van der Waals surface area contributed by atoms with Gasteiger partial charge < -0.3 is 10.0 Å². The Morgan fingerprint density at radius 1 is 1.47 bits per heavy atom. The van der Waals surface area contributed by atoms with Crippen LogP contribution in [0.5, 0.6) is 0 Å². The van der Waals surface area contributed by atoms with Crippen molar-refractivity contribution in [1.29, 1.82) is 0 Å². The summed E-state index contributed by atoms with van der Waals surface area (Å²) in [7, 11) is 0. The fourth-order valence-electron chi connectivity index (χ4n) is 2.27. The highest BCUT2D eigenvalue weighted by molar-refractivity contribution is 9.10. The molecule has 1 aromatic rings. The van der Waals surface area contributed by atoms with Gasteiger partial charge in [-0.2, -0.15) is 0 Å². The summed E-state index contributed by atoms with van der Waals surface area (Å²) < 4.78 is 0.844. The van der Waals surface area contributed by atoms with Gasteiger partial charge in [-0.25, -0.2) is 9.97 Å². The van der Waals surface area contributed by atoms with Crippen LogP contribution in [-0.4, -0.2) is 33.6 Å². The number of carbonyl (C=O) groups is 1. The van der Waals surface area contributed by atoms with Gasteiger partial charge in [-0.1, -0.05) is 18.6 Å². The molecule has 102 valence electrons. The minimum absolute atomic E-state index is 0.112. The van der Waals surface area contributed by atoms with E-state index in [9.17, 15) is 4.79 Å². The Morgan fingerprint density at radius 2 is 2.11 bits per heavy atom. The monoisotopic (exact) mass is 325 g/mol. The van der Waals surface area contributed by atoms with Crippen LogP contribution in [0.3, 0.4) is 0 Å². The summed E-state index contributed by atoms with van der Waals surface area (Å²) in [6.45, 7) is 4.77. The summed E-state index contributed by atoms with van der Waals surface area (Å²) in [5.74, 6) is 0.0731. The van der Waals surface area contributed by atoms with Gasteiger partial charge in [0.2, 0.25) is 5.95 Å². The van der Waals surface area contributed by atoms with Crippen LogP contribution >= 0.6 is 15.9 Å². The lowest BCUT2D eigenvalue weighted by Gasteiger charge is -2.37. The molecule has 0 aromatic carbocycles. The topological polar surface area (TPSA) is 66.3 Å². The molecule has 2 heterocycles. The molecule has 2 unspecified atom stereocenters. The van der Waals surface area contributed by atoms with Gasteiger partial charge >= 0.3 is 5.97 Å². The average Bonchev–Trinajstić information content (AvgIpc) is 2.36. The van der Waals surface area contributed by atoms with Crippen molar-refractivity contribution in [1.82, 2.24) is 9.97 Å². The van der Waals surface area contributed by atoms with Crippen LogP contribution in [0.2, 0.25) is 0 Å². The summed E-state index contributed by atoms with van der Waals surface area (Å²) in [4.78, 5) is 21.5. The Bertz CT molecular complexity index is 501. The van der Waals surface area contributed by atoms with Crippen molar-refractivity contribution in [2.45, 2.75) is 26.3 Å². The molecule has 0 saturated heterocycles. The highest BCUT2D eigenvalue weighted by Crippen LogP contribution is 2.29. The SMILES string of the molecule is CC1C(CC(=O)O)=CCN(c2ncc(Br)cn2)C1C. The lowest BCUT2D eigenvalue weighted by molar-refractivity contribution is -0.136. The van der Waals surface area contributed by atoms with Crippen LogP contribution in [0.25, 0.3) is 0 Å². The number of hydrogen-bond acceptors (Lipinski definition) is 4. The first-order valence-corrected chi connectivity index (χ1v) is 6.93. The van der Waals surface area contributed by atoms with Crippen molar-refractivity contribution in [3.05, 3.63) is 28.5 Å². The summed E-state index contributed by atoms with van der Waals surface area (Å²) in [5.41, 5.74) is 0.980. The van der Waals surface area contributed by atoms with Crippen molar-refractivity contribution < 1.29 is 9.90 Å². The van der Waals surface area contributed by atoms with E-state index in [0.717, 1.165) is 10.0 Å². The largest absolute Gasteiger partial charge is 0.481 e. The number of hydrogen-bond donors (Lipinski definition) is 1. The predicted molar refractivity (Wildman–Crippen MR) is 76.0 cm³/mol. The van der Waals surface area contributed by atoms with Crippen molar-refractivity contribution in [2.24, 2.45) is 5.92 Å². The van der Waals surface area contributed by atoms with Crippen LogP contribution in [-0.2, 0) is 4.79 Å². The number of aliphatic carboxylic acids is 1. The number of halogens is 1. The quantitative estimate of drug-likeness (QED) is 0.865. The fraction of sp³-hybridized carbons (Fsp3) is 0.462. The van der Waals surface area contributed by atoms with E-state index in [1.54, 1.807) is 12.4 Å². The lowest BCUT2D eigenvalue weighted by Crippen LogP contribution is -2.43. The van der Waals surface area contributed by atoms with Gasteiger partial charge in [0.1, 0.15) is 0 Å². The van der Waals surface area contributed by atoms with Crippen molar-refractivity contribution in [3.8, 4) is 0 Å². The summed E-state index contributed by atoms with van der Waals surface area (Å²) in [6, 6.07) is 0.181. The molecule has 0 aliphatic carbocycles. The summed E-state index contributed by atoms with van der Waals surface area (Å²) in [5, 5.41) is 8.90. The van der Waals surface area contributed by atoms with Crippen LogP contribution in [0, 0.1) is 5.92 Å². The van der Waals surface area contributed by atoms with Crippen molar-refractivity contribution in [3.63, 3.8) is 0 Å². The third-order valence-electron chi connectivity index (χ3n) is 3.57. The molecule has 0 fully saturated rings. The highest BCUT2D eigenvalue weighted by Gasteiger charge is 2.29. The van der Waals surface area contributed by atoms with E-state index in [1.165, 1.54) is 0 Å². The predicted octanol–water partition coefficient (Wildman–Crippen LogP) is 2.48. The van der Waals surface area contributed by atoms with E-state index in [1.807, 2.05) is 13.0 Å². The maximum absolute atomic E-state index is 10.8. The zero-order valence-corrected chi connectivity index (χ0v) is 12.5. The molecule has 1 N–H and O–H groups in total. The number of carboxylic acid groups (broad SMARTS) is 1. The Balaban J connectivity index is 2.20. The standard InChI is InChI=1S/C13H16BrN3O2/c1-8-9(2)17(4-3-10(8)5-12(18)19)13-15-6-11(14)7-16-13/h3,6-9H,4-5H2,1-2H3,(H,18,19). The zero-order chi connectivity index (χ0) is 14.0. The molecule has 2 atom stereocenters. The molecule has 0 amide bonds. The molecule has 5 nitrogen and oxygen atoms in total. The first-order valence-electron chi connectivity index (χ1n) is 6.14. The van der Waals surface area contributed by atoms with Gasteiger partial charge in [0.15, 0.2) is 0 Å². The van der Waals surface area contributed by atoms with Gasteiger partial charge in [-0.05, 0) is 28.8 Å². The molecule has 2 rings (SSSR count). The van der Waals surface area contributed by atoms with E-state index < -0.39 is 5.97 Å². The van der Waals surface area contributed by atoms with Crippen LogP contribution in [0.4, 0.5) is 5.95 Å². The Morgan fingerprint density at radius 3 is 2.68 bits per heavy atom. The first-order chi connectivity index (χ1) is 8.99. The maximum Gasteiger partial charge on any atom is 0.307 e. The number of anilines is 1. The van der Waals surface area contributed by atoms with E-state index in [0.29, 0.717) is 12.5 Å². The second-order valence-corrected chi connectivity index (χ2v) is 5.65. The maximum atomic E-state index is 10.8. The number of nitrogens with zero attached hydrogens (tertiary/aromatic N) is 3. The number of carboxylic acids is 1. The Kier molecular flexibility index (Phi) is 4.19. The number of aromatic nitrogens is 2. The Labute approximate surface area is 120 Å². The number of rotatable bonds is 3. The van der Waals surface area contributed by atoms with Crippen molar-refractivity contribution >= 4 is 27.8 Å². The molecular formula is C13H16BrN3O2.